The van der Waals surface area contributed by atoms with Gasteiger partial charge in [-0.2, -0.15) is 0 Å². The Morgan fingerprint density at radius 2 is 2.05 bits per heavy atom. The Kier molecular flexibility index (Phi) is 3.99. The Bertz CT molecular complexity index is 539. The number of fused-ring (bicyclic) bond motifs is 1. The van der Waals surface area contributed by atoms with E-state index in [1.807, 2.05) is 0 Å². The van der Waals surface area contributed by atoms with E-state index in [4.69, 9.17) is 26.2 Å². The predicted octanol–water partition coefficient (Wildman–Crippen LogP) is 2.96. The lowest BCUT2D eigenvalue weighted by Gasteiger charge is -2.27. The molecular weight excluding hydrogens is 284 g/mol. The van der Waals surface area contributed by atoms with Crippen LogP contribution in [0.25, 0.3) is 0 Å². The number of carbonyl (C=O) groups is 1. The lowest BCUT2D eigenvalue weighted by molar-refractivity contribution is -0.138. The minimum Gasteiger partial charge on any atom is -0.506 e. The Hall–Kier alpha value is -1.62. The molecule has 2 rings (SSSR count). The van der Waals surface area contributed by atoms with Gasteiger partial charge in [-0.25, -0.2) is 0 Å². The van der Waals surface area contributed by atoms with Crippen molar-refractivity contribution < 1.29 is 24.5 Å². The largest absolute Gasteiger partial charge is 0.506 e. The highest BCUT2D eigenvalue weighted by Gasteiger charge is 2.34. The smallest absolute Gasteiger partial charge is 0.304 e. The van der Waals surface area contributed by atoms with E-state index in [0.29, 0.717) is 36.7 Å². The number of aromatic hydroxyl groups is 1. The van der Waals surface area contributed by atoms with Gasteiger partial charge in [0.25, 0.3) is 0 Å². The number of hydrogen-bond donors (Lipinski definition) is 2. The average Bonchev–Trinajstić information content (AvgIpc) is 2.53. The third-order valence-corrected chi connectivity index (χ3v) is 3.52. The predicted molar refractivity (Wildman–Crippen MR) is 74.0 cm³/mol. The first kappa shape index (κ1) is 14.8. The molecule has 1 aliphatic heterocycles. The van der Waals surface area contributed by atoms with Gasteiger partial charge in [0, 0.05) is 23.5 Å². The van der Waals surface area contributed by atoms with E-state index in [1.165, 1.54) is 6.07 Å². The van der Waals surface area contributed by atoms with Gasteiger partial charge in [-0.15, -0.1) is 0 Å². The van der Waals surface area contributed by atoms with Gasteiger partial charge in [-0.3, -0.25) is 4.79 Å². The second-order valence-electron chi connectivity index (χ2n) is 5.41. The summed E-state index contributed by atoms with van der Waals surface area (Å²) in [4.78, 5) is 11.0. The molecule has 5 nitrogen and oxygen atoms in total. The number of halogens is 1. The molecule has 1 aromatic rings. The van der Waals surface area contributed by atoms with E-state index in [1.54, 1.807) is 13.8 Å². The summed E-state index contributed by atoms with van der Waals surface area (Å²) in [5, 5.41) is 19.4. The zero-order chi connectivity index (χ0) is 14.9. The van der Waals surface area contributed by atoms with Gasteiger partial charge in [0.05, 0.1) is 24.7 Å². The molecule has 1 aromatic carbocycles. The van der Waals surface area contributed by atoms with Crippen molar-refractivity contribution >= 4 is 17.6 Å². The number of carboxylic acid groups (broad SMARTS) is 1. The van der Waals surface area contributed by atoms with Crippen molar-refractivity contribution in [2.45, 2.75) is 32.1 Å². The SMILES string of the molecule is CC(C)(CC(=O)O)c1c(O)c(Cl)cc2c1OCCCO2. The Labute approximate surface area is 122 Å². The minimum absolute atomic E-state index is 0.128. The first-order chi connectivity index (χ1) is 9.33. The van der Waals surface area contributed by atoms with Crippen LogP contribution < -0.4 is 9.47 Å². The van der Waals surface area contributed by atoms with Crippen LogP contribution >= 0.6 is 11.6 Å². The number of phenolic OH excluding ortho intramolecular Hbond substituents is 1. The van der Waals surface area contributed by atoms with Gasteiger partial charge in [-0.1, -0.05) is 25.4 Å². The molecule has 0 amide bonds. The molecule has 0 spiro atoms. The molecule has 1 aliphatic rings. The summed E-state index contributed by atoms with van der Waals surface area (Å²) in [6.45, 7) is 4.39. The molecule has 0 aromatic heterocycles. The standard InChI is InChI=1S/C14H17ClO5/c1-14(2,7-10(16)17)11-12(18)8(15)6-9-13(11)20-5-3-4-19-9/h6,18H,3-5,7H2,1-2H3,(H,16,17). The van der Waals surface area contributed by atoms with Gasteiger partial charge in [-0.05, 0) is 0 Å². The molecule has 2 N–H and O–H groups in total. The Morgan fingerprint density at radius 3 is 2.70 bits per heavy atom. The van der Waals surface area contributed by atoms with Gasteiger partial charge in [0.1, 0.15) is 5.75 Å². The number of carboxylic acids is 1. The van der Waals surface area contributed by atoms with Crippen molar-refractivity contribution in [3.8, 4) is 17.2 Å². The van der Waals surface area contributed by atoms with Crippen LogP contribution in [0.4, 0.5) is 0 Å². The third kappa shape index (κ3) is 2.77. The lowest BCUT2D eigenvalue weighted by atomic mass is 9.80. The lowest BCUT2D eigenvalue weighted by Crippen LogP contribution is -2.23. The molecule has 110 valence electrons. The van der Waals surface area contributed by atoms with Crippen LogP contribution in [0.15, 0.2) is 6.07 Å². The normalized spacial score (nSPS) is 14.8. The molecule has 0 fully saturated rings. The maximum Gasteiger partial charge on any atom is 0.304 e. The number of rotatable bonds is 3. The summed E-state index contributed by atoms with van der Waals surface area (Å²) < 4.78 is 11.2. The zero-order valence-electron chi connectivity index (χ0n) is 11.4. The fraction of sp³-hybridized carbons (Fsp3) is 0.500. The summed E-state index contributed by atoms with van der Waals surface area (Å²) in [5.41, 5.74) is -0.456. The second-order valence-corrected chi connectivity index (χ2v) is 5.82. The maximum atomic E-state index is 11.0. The number of aliphatic carboxylic acids is 1. The third-order valence-electron chi connectivity index (χ3n) is 3.23. The number of hydrogen-bond acceptors (Lipinski definition) is 4. The number of benzene rings is 1. The van der Waals surface area contributed by atoms with Crippen molar-refractivity contribution in [2.75, 3.05) is 13.2 Å². The second kappa shape index (κ2) is 5.40. The topological polar surface area (TPSA) is 76.0 Å². The minimum atomic E-state index is -0.960. The average molecular weight is 301 g/mol. The van der Waals surface area contributed by atoms with E-state index in [0.717, 1.165) is 0 Å². The fourth-order valence-corrected chi connectivity index (χ4v) is 2.55. The highest BCUT2D eigenvalue weighted by atomic mass is 35.5. The highest BCUT2D eigenvalue weighted by Crippen LogP contribution is 2.49. The fourth-order valence-electron chi connectivity index (χ4n) is 2.36. The van der Waals surface area contributed by atoms with Gasteiger partial charge in [0.15, 0.2) is 11.5 Å². The van der Waals surface area contributed by atoms with Gasteiger partial charge in [0.2, 0.25) is 0 Å². The molecule has 0 unspecified atom stereocenters. The molecule has 0 radical (unpaired) electrons. The van der Waals surface area contributed by atoms with Crippen molar-refractivity contribution in [1.82, 2.24) is 0 Å². The van der Waals surface area contributed by atoms with Crippen molar-refractivity contribution in [3.05, 3.63) is 16.7 Å². The molecule has 0 saturated carbocycles. The Morgan fingerprint density at radius 1 is 1.40 bits per heavy atom. The summed E-state index contributed by atoms with van der Waals surface area (Å²) in [6.07, 6.45) is 0.558. The van der Waals surface area contributed by atoms with Crippen LogP contribution in [-0.4, -0.2) is 29.4 Å². The van der Waals surface area contributed by atoms with Crippen LogP contribution in [0.5, 0.6) is 17.2 Å². The molecule has 0 atom stereocenters. The molecule has 0 bridgehead atoms. The van der Waals surface area contributed by atoms with Crippen LogP contribution in [0.1, 0.15) is 32.3 Å². The number of phenols is 1. The van der Waals surface area contributed by atoms with Gasteiger partial charge < -0.3 is 19.7 Å². The van der Waals surface area contributed by atoms with Crippen molar-refractivity contribution in [3.63, 3.8) is 0 Å². The molecule has 6 heteroatoms. The number of ether oxygens (including phenoxy) is 2. The van der Waals surface area contributed by atoms with E-state index >= 15 is 0 Å². The summed E-state index contributed by atoms with van der Waals surface area (Å²) in [6, 6.07) is 1.50. The Balaban J connectivity index is 2.61. The summed E-state index contributed by atoms with van der Waals surface area (Å²) in [5.74, 6) is -0.283. The van der Waals surface area contributed by atoms with Crippen LogP contribution in [0.2, 0.25) is 5.02 Å². The zero-order valence-corrected chi connectivity index (χ0v) is 12.2. The molecular formula is C14H17ClO5. The van der Waals surface area contributed by atoms with Crippen molar-refractivity contribution in [1.29, 1.82) is 0 Å². The van der Waals surface area contributed by atoms with Crippen LogP contribution in [0, 0.1) is 0 Å². The van der Waals surface area contributed by atoms with Crippen LogP contribution in [0.3, 0.4) is 0 Å². The quantitative estimate of drug-likeness (QED) is 0.897. The highest BCUT2D eigenvalue weighted by molar-refractivity contribution is 6.32. The van der Waals surface area contributed by atoms with E-state index in [-0.39, 0.29) is 17.2 Å². The van der Waals surface area contributed by atoms with E-state index < -0.39 is 11.4 Å². The molecule has 20 heavy (non-hydrogen) atoms. The summed E-state index contributed by atoms with van der Waals surface area (Å²) >= 11 is 6.01. The first-order valence-corrected chi connectivity index (χ1v) is 6.74. The van der Waals surface area contributed by atoms with E-state index in [2.05, 4.69) is 0 Å². The monoisotopic (exact) mass is 300 g/mol. The molecule has 0 saturated heterocycles. The maximum absolute atomic E-state index is 11.0. The van der Waals surface area contributed by atoms with Crippen molar-refractivity contribution in [2.24, 2.45) is 0 Å². The van der Waals surface area contributed by atoms with Gasteiger partial charge >= 0.3 is 5.97 Å². The molecule has 0 aliphatic carbocycles. The summed E-state index contributed by atoms with van der Waals surface area (Å²) in [7, 11) is 0. The first-order valence-electron chi connectivity index (χ1n) is 6.36. The molecule has 1 heterocycles. The van der Waals surface area contributed by atoms with Crippen LogP contribution in [-0.2, 0) is 10.2 Å². The van der Waals surface area contributed by atoms with E-state index in [9.17, 15) is 9.90 Å².